The van der Waals surface area contributed by atoms with Crippen molar-refractivity contribution in [2.45, 2.75) is 13.3 Å². The topological polar surface area (TPSA) is 75.7 Å². The molecule has 1 fully saturated rings. The van der Waals surface area contributed by atoms with E-state index < -0.39 is 5.97 Å². The fourth-order valence-electron chi connectivity index (χ4n) is 2.81. The first kappa shape index (κ1) is 24.3. The molecule has 1 aliphatic rings. The summed E-state index contributed by atoms with van der Waals surface area (Å²) in [6, 6.07) is 11.5. The van der Waals surface area contributed by atoms with Crippen LogP contribution in [0, 0.1) is 0 Å². The molecule has 10 heteroatoms. The number of ether oxygens (including phenoxy) is 1. The van der Waals surface area contributed by atoms with E-state index in [1.54, 1.807) is 55.5 Å². The molecule has 3 rings (SSSR count). The summed E-state index contributed by atoms with van der Waals surface area (Å²) < 4.78 is 5.29. The summed E-state index contributed by atoms with van der Waals surface area (Å²) >= 11 is 18.7. The molecule has 1 saturated heterocycles. The Balaban J connectivity index is 1.58. The van der Waals surface area contributed by atoms with E-state index in [0.717, 1.165) is 11.8 Å². The number of rotatable bonds is 7. The van der Waals surface area contributed by atoms with Crippen molar-refractivity contribution in [1.82, 2.24) is 4.90 Å². The fraction of sp³-hybridized carbons (Fsp3) is 0.182. The lowest BCUT2D eigenvalue weighted by Crippen LogP contribution is -2.31. The van der Waals surface area contributed by atoms with Crippen molar-refractivity contribution in [3.05, 3.63) is 68.5 Å². The molecule has 2 amide bonds. The summed E-state index contributed by atoms with van der Waals surface area (Å²) in [5, 5.41) is 3.48. The van der Waals surface area contributed by atoms with E-state index in [4.69, 9.17) is 40.2 Å². The summed E-state index contributed by atoms with van der Waals surface area (Å²) in [7, 11) is 0. The van der Waals surface area contributed by atoms with Gasteiger partial charge in [0.2, 0.25) is 5.91 Å². The van der Waals surface area contributed by atoms with Crippen LogP contribution in [0.25, 0.3) is 6.08 Å². The highest BCUT2D eigenvalue weighted by Crippen LogP contribution is 2.35. The van der Waals surface area contributed by atoms with Crippen molar-refractivity contribution in [3.8, 4) is 0 Å². The minimum Gasteiger partial charge on any atom is -0.462 e. The Labute approximate surface area is 204 Å². The lowest BCUT2D eigenvalue weighted by Gasteiger charge is -2.14. The van der Waals surface area contributed by atoms with Gasteiger partial charge in [0, 0.05) is 18.7 Å². The molecule has 1 aliphatic heterocycles. The second kappa shape index (κ2) is 11.0. The van der Waals surface area contributed by atoms with Crippen molar-refractivity contribution < 1.29 is 19.1 Å². The minimum absolute atomic E-state index is 0.0528. The standard InChI is InChI=1S/C22H18Cl2N2O4S2/c1-2-30-21(29)13-6-8-15(9-7-13)25-18(27)10-11-26-20(28)17(32-22(26)31)12-14-4-3-5-16(23)19(14)24/h3-9,12H,2,10-11H2,1H3,(H,25,27)/b17-12-. The quantitative estimate of drug-likeness (QED) is 0.306. The Morgan fingerprint density at radius 1 is 1.19 bits per heavy atom. The number of nitrogens with zero attached hydrogens (tertiary/aromatic N) is 1. The average Bonchev–Trinajstić information content (AvgIpc) is 3.03. The third kappa shape index (κ3) is 5.89. The smallest absolute Gasteiger partial charge is 0.338 e. The second-order valence-electron chi connectivity index (χ2n) is 6.57. The molecular weight excluding hydrogens is 491 g/mol. The number of halogens is 2. The van der Waals surface area contributed by atoms with Crippen LogP contribution in [-0.4, -0.2) is 40.2 Å². The van der Waals surface area contributed by atoms with E-state index in [-0.39, 0.29) is 31.4 Å². The van der Waals surface area contributed by atoms with Crippen LogP contribution in [0.2, 0.25) is 10.0 Å². The van der Waals surface area contributed by atoms with Crippen LogP contribution in [0.3, 0.4) is 0 Å². The van der Waals surface area contributed by atoms with Crippen molar-refractivity contribution in [3.63, 3.8) is 0 Å². The number of amides is 2. The van der Waals surface area contributed by atoms with Gasteiger partial charge >= 0.3 is 5.97 Å². The lowest BCUT2D eigenvalue weighted by molar-refractivity contribution is -0.122. The number of hydrogen-bond donors (Lipinski definition) is 1. The Bertz CT molecular complexity index is 1100. The summed E-state index contributed by atoms with van der Waals surface area (Å²) in [4.78, 5) is 38.5. The second-order valence-corrected chi connectivity index (χ2v) is 9.03. The van der Waals surface area contributed by atoms with Crippen LogP contribution >= 0.6 is 47.2 Å². The normalized spacial score (nSPS) is 14.7. The van der Waals surface area contributed by atoms with Crippen molar-refractivity contribution in [1.29, 1.82) is 0 Å². The third-order valence-corrected chi connectivity index (χ3v) is 6.60. The first-order chi connectivity index (χ1) is 15.3. The van der Waals surface area contributed by atoms with Crippen LogP contribution in [-0.2, 0) is 14.3 Å². The van der Waals surface area contributed by atoms with Gasteiger partial charge in [0.05, 0.1) is 27.1 Å². The van der Waals surface area contributed by atoms with Crippen LogP contribution in [0.4, 0.5) is 5.69 Å². The molecule has 1 N–H and O–H groups in total. The highest BCUT2D eigenvalue weighted by molar-refractivity contribution is 8.26. The van der Waals surface area contributed by atoms with E-state index in [9.17, 15) is 14.4 Å². The largest absolute Gasteiger partial charge is 0.462 e. The van der Waals surface area contributed by atoms with Crippen molar-refractivity contribution >= 4 is 81.0 Å². The Kier molecular flexibility index (Phi) is 8.31. The maximum atomic E-state index is 12.7. The number of thiocarbonyl (C=S) groups is 1. The molecule has 2 aromatic carbocycles. The molecule has 0 atom stereocenters. The molecular formula is C22H18Cl2N2O4S2. The third-order valence-electron chi connectivity index (χ3n) is 4.38. The number of carbonyl (C=O) groups is 3. The van der Waals surface area contributed by atoms with Gasteiger partial charge in [0.25, 0.3) is 5.91 Å². The molecule has 166 valence electrons. The number of carbonyl (C=O) groups excluding carboxylic acids is 3. The van der Waals surface area contributed by atoms with E-state index in [1.165, 1.54) is 4.90 Å². The fourth-order valence-corrected chi connectivity index (χ4v) is 4.47. The Morgan fingerprint density at radius 3 is 2.59 bits per heavy atom. The van der Waals surface area contributed by atoms with Gasteiger partial charge in [-0.2, -0.15) is 0 Å². The zero-order chi connectivity index (χ0) is 23.3. The molecule has 0 aliphatic carbocycles. The molecule has 1 heterocycles. The first-order valence-corrected chi connectivity index (χ1v) is 11.5. The van der Waals surface area contributed by atoms with Gasteiger partial charge in [-0.05, 0) is 48.9 Å². The van der Waals surface area contributed by atoms with Crippen molar-refractivity contribution in [2.24, 2.45) is 0 Å². The van der Waals surface area contributed by atoms with Crippen LogP contribution in [0.1, 0.15) is 29.3 Å². The molecule has 0 spiro atoms. The van der Waals surface area contributed by atoms with Gasteiger partial charge in [-0.3, -0.25) is 14.5 Å². The van der Waals surface area contributed by atoms with E-state index >= 15 is 0 Å². The molecule has 0 saturated carbocycles. The Morgan fingerprint density at radius 2 is 1.91 bits per heavy atom. The molecule has 2 aromatic rings. The highest BCUT2D eigenvalue weighted by Gasteiger charge is 2.32. The summed E-state index contributed by atoms with van der Waals surface area (Å²) in [6.07, 6.45) is 1.69. The summed E-state index contributed by atoms with van der Waals surface area (Å²) in [5.74, 6) is -1.00. The summed E-state index contributed by atoms with van der Waals surface area (Å²) in [6.45, 7) is 2.15. The molecule has 0 aromatic heterocycles. The predicted octanol–water partition coefficient (Wildman–Crippen LogP) is 5.40. The SMILES string of the molecule is CCOC(=O)c1ccc(NC(=O)CCN2C(=O)/C(=C/c3cccc(Cl)c3Cl)SC2=S)cc1. The van der Waals surface area contributed by atoms with Gasteiger partial charge in [0.15, 0.2) is 0 Å². The zero-order valence-corrected chi connectivity index (χ0v) is 20.0. The van der Waals surface area contributed by atoms with E-state index in [2.05, 4.69) is 5.32 Å². The van der Waals surface area contributed by atoms with Crippen LogP contribution in [0.15, 0.2) is 47.4 Å². The van der Waals surface area contributed by atoms with Gasteiger partial charge in [0.1, 0.15) is 4.32 Å². The van der Waals surface area contributed by atoms with Crippen LogP contribution in [0.5, 0.6) is 0 Å². The molecule has 0 unspecified atom stereocenters. The highest BCUT2D eigenvalue weighted by atomic mass is 35.5. The van der Waals surface area contributed by atoms with E-state index in [0.29, 0.717) is 36.1 Å². The number of esters is 1. The maximum Gasteiger partial charge on any atom is 0.338 e. The van der Waals surface area contributed by atoms with Gasteiger partial charge in [-0.15, -0.1) is 0 Å². The zero-order valence-electron chi connectivity index (χ0n) is 16.9. The Hall–Kier alpha value is -2.39. The van der Waals surface area contributed by atoms with E-state index in [1.807, 2.05) is 0 Å². The predicted molar refractivity (Wildman–Crippen MR) is 132 cm³/mol. The molecule has 0 radical (unpaired) electrons. The maximum absolute atomic E-state index is 12.7. The number of benzene rings is 2. The van der Waals surface area contributed by atoms with Crippen LogP contribution < -0.4 is 5.32 Å². The molecule has 0 bridgehead atoms. The molecule has 6 nitrogen and oxygen atoms in total. The van der Waals surface area contributed by atoms with Gasteiger partial charge in [-0.25, -0.2) is 4.79 Å². The average molecular weight is 509 g/mol. The summed E-state index contributed by atoms with van der Waals surface area (Å²) in [5.41, 5.74) is 1.54. The monoisotopic (exact) mass is 508 g/mol. The number of thioether (sulfide) groups is 1. The van der Waals surface area contributed by atoms with Gasteiger partial charge in [-0.1, -0.05) is 59.3 Å². The first-order valence-electron chi connectivity index (χ1n) is 9.56. The number of hydrogen-bond acceptors (Lipinski definition) is 6. The van der Waals surface area contributed by atoms with Gasteiger partial charge < -0.3 is 10.1 Å². The molecule has 32 heavy (non-hydrogen) atoms. The number of nitrogens with one attached hydrogen (secondary N) is 1. The lowest BCUT2D eigenvalue weighted by atomic mass is 10.2. The minimum atomic E-state index is -0.424. The number of anilines is 1. The van der Waals surface area contributed by atoms with Crippen molar-refractivity contribution in [2.75, 3.05) is 18.5 Å².